The van der Waals surface area contributed by atoms with Crippen molar-refractivity contribution in [1.82, 2.24) is 9.88 Å². The first-order chi connectivity index (χ1) is 16.2. The minimum absolute atomic E-state index is 0.0356. The number of hydrogen-bond acceptors (Lipinski definition) is 8. The molecule has 34 heavy (non-hydrogen) atoms. The van der Waals surface area contributed by atoms with Gasteiger partial charge in [-0.2, -0.15) is 0 Å². The molecule has 1 aliphatic heterocycles. The van der Waals surface area contributed by atoms with Crippen LogP contribution < -0.4 is 14.2 Å². The normalized spacial score (nSPS) is 15.2. The summed E-state index contributed by atoms with van der Waals surface area (Å²) in [5.41, 5.74) is 1.84. The van der Waals surface area contributed by atoms with Crippen molar-refractivity contribution in [2.24, 2.45) is 0 Å². The molecule has 0 saturated carbocycles. The van der Waals surface area contributed by atoms with Gasteiger partial charge in [0.2, 0.25) is 0 Å². The molecule has 2 heterocycles. The van der Waals surface area contributed by atoms with Gasteiger partial charge in [-0.05, 0) is 50.5 Å². The van der Waals surface area contributed by atoms with Crippen molar-refractivity contribution in [3.05, 3.63) is 47.3 Å². The summed E-state index contributed by atoms with van der Waals surface area (Å²) in [7, 11) is 4.46. The number of amides is 1. The maximum atomic E-state index is 12.8. The van der Waals surface area contributed by atoms with Crippen LogP contribution in [-0.2, 0) is 27.3 Å². The highest BCUT2D eigenvalue weighted by Crippen LogP contribution is 2.36. The van der Waals surface area contributed by atoms with Crippen LogP contribution in [0.5, 0.6) is 17.2 Å². The molecule has 9 heteroatoms. The molecule has 1 amide bonds. The molecule has 1 atom stereocenters. The number of carbonyl (C=O) groups is 2. The maximum Gasteiger partial charge on any atom is 0.410 e. The van der Waals surface area contributed by atoms with Gasteiger partial charge in [-0.1, -0.05) is 6.07 Å². The zero-order valence-electron chi connectivity index (χ0n) is 20.5. The third-order valence-corrected chi connectivity index (χ3v) is 5.43. The van der Waals surface area contributed by atoms with Crippen molar-refractivity contribution in [1.29, 1.82) is 0 Å². The van der Waals surface area contributed by atoms with E-state index in [1.807, 2.05) is 39.0 Å². The molecule has 9 nitrogen and oxygen atoms in total. The van der Waals surface area contributed by atoms with Gasteiger partial charge in [0.05, 0.1) is 33.8 Å². The Labute approximate surface area is 199 Å². The van der Waals surface area contributed by atoms with Crippen molar-refractivity contribution in [2.45, 2.75) is 51.9 Å². The molecule has 0 aliphatic carbocycles. The Balaban J connectivity index is 1.82. The van der Waals surface area contributed by atoms with E-state index in [0.717, 1.165) is 11.1 Å². The number of aromatic nitrogens is 1. The van der Waals surface area contributed by atoms with Gasteiger partial charge in [0.15, 0.2) is 11.5 Å². The Morgan fingerprint density at radius 1 is 1.12 bits per heavy atom. The number of esters is 1. The van der Waals surface area contributed by atoms with E-state index in [9.17, 15) is 9.59 Å². The summed E-state index contributed by atoms with van der Waals surface area (Å²) in [6.07, 6.45) is 1.82. The predicted molar refractivity (Wildman–Crippen MR) is 124 cm³/mol. The number of ether oxygens (including phenoxy) is 5. The van der Waals surface area contributed by atoms with Gasteiger partial charge < -0.3 is 28.6 Å². The molecule has 0 fully saturated rings. The molecular weight excluding hydrogens is 440 g/mol. The topological polar surface area (TPSA) is 96.4 Å². The first-order valence-corrected chi connectivity index (χ1v) is 11.0. The summed E-state index contributed by atoms with van der Waals surface area (Å²) in [4.78, 5) is 30.9. The number of benzene rings is 1. The fourth-order valence-corrected chi connectivity index (χ4v) is 3.88. The molecule has 0 radical (unpaired) electrons. The Hall–Kier alpha value is -3.49. The standard InChI is InChI=1S/C25H32N2O7/c1-25(2,3)34-24(29)27-12-10-16-13-17(7-8-18(16)20(27)14-22(28)31-5)33-15-19-23(32-6)21(30-4)9-11-26-19/h7-9,11,13,20H,10,12,14-15H2,1-6H3/t20-/m0/s1. The zero-order valence-corrected chi connectivity index (χ0v) is 20.5. The summed E-state index contributed by atoms with van der Waals surface area (Å²) in [5, 5.41) is 0. The Kier molecular flexibility index (Phi) is 7.86. The van der Waals surface area contributed by atoms with Crippen molar-refractivity contribution < 1.29 is 33.3 Å². The first kappa shape index (κ1) is 25.1. The van der Waals surface area contributed by atoms with Gasteiger partial charge in [0, 0.05) is 18.8 Å². The quantitative estimate of drug-likeness (QED) is 0.557. The maximum absolute atomic E-state index is 12.8. The second-order valence-corrected chi connectivity index (χ2v) is 8.86. The number of hydrogen-bond donors (Lipinski definition) is 0. The van der Waals surface area contributed by atoms with Crippen LogP contribution in [0.1, 0.15) is 50.1 Å². The smallest absolute Gasteiger partial charge is 0.410 e. The molecule has 0 N–H and O–H groups in total. The molecule has 0 bridgehead atoms. The number of nitrogens with zero attached hydrogens (tertiary/aromatic N) is 2. The highest BCUT2D eigenvalue weighted by molar-refractivity contribution is 5.74. The largest absolute Gasteiger partial charge is 0.493 e. The van der Waals surface area contributed by atoms with Crippen LogP contribution in [0.4, 0.5) is 4.79 Å². The monoisotopic (exact) mass is 472 g/mol. The molecule has 0 spiro atoms. The number of methoxy groups -OCH3 is 3. The van der Waals surface area contributed by atoms with Crippen molar-refractivity contribution in [3.63, 3.8) is 0 Å². The third-order valence-electron chi connectivity index (χ3n) is 5.43. The zero-order chi connectivity index (χ0) is 24.9. The summed E-state index contributed by atoms with van der Waals surface area (Å²) >= 11 is 0. The molecule has 2 aromatic rings. The lowest BCUT2D eigenvalue weighted by Crippen LogP contribution is -2.43. The Morgan fingerprint density at radius 3 is 2.53 bits per heavy atom. The lowest BCUT2D eigenvalue weighted by molar-refractivity contribution is -0.142. The Morgan fingerprint density at radius 2 is 1.88 bits per heavy atom. The molecular formula is C25H32N2O7. The first-order valence-electron chi connectivity index (χ1n) is 11.0. The fraction of sp³-hybridized carbons (Fsp3) is 0.480. The fourth-order valence-electron chi connectivity index (χ4n) is 3.88. The second-order valence-electron chi connectivity index (χ2n) is 8.86. The Bertz CT molecular complexity index is 1030. The second kappa shape index (κ2) is 10.6. The number of pyridine rings is 1. The SMILES string of the molecule is COC(=O)C[C@H]1c2ccc(OCc3nccc(OC)c3OC)cc2CCN1C(=O)OC(C)(C)C. The van der Waals surface area contributed by atoms with E-state index in [0.29, 0.717) is 35.9 Å². The lowest BCUT2D eigenvalue weighted by Gasteiger charge is -2.37. The van der Waals surface area contributed by atoms with Crippen molar-refractivity contribution >= 4 is 12.1 Å². The number of fused-ring (bicyclic) bond motifs is 1. The van der Waals surface area contributed by atoms with Crippen molar-refractivity contribution in [2.75, 3.05) is 27.9 Å². The average Bonchev–Trinajstić information content (AvgIpc) is 2.80. The van der Waals surface area contributed by atoms with Gasteiger partial charge in [0.1, 0.15) is 23.7 Å². The van der Waals surface area contributed by atoms with E-state index in [1.54, 1.807) is 31.4 Å². The highest BCUT2D eigenvalue weighted by Gasteiger charge is 2.35. The summed E-state index contributed by atoms with van der Waals surface area (Å²) < 4.78 is 27.2. The van der Waals surface area contributed by atoms with E-state index in [2.05, 4.69) is 4.98 Å². The van der Waals surface area contributed by atoms with E-state index in [4.69, 9.17) is 23.7 Å². The van der Waals surface area contributed by atoms with Crippen LogP contribution in [0.2, 0.25) is 0 Å². The van der Waals surface area contributed by atoms with Gasteiger partial charge in [-0.3, -0.25) is 9.78 Å². The molecule has 0 unspecified atom stereocenters. The summed E-state index contributed by atoms with van der Waals surface area (Å²) in [6.45, 7) is 6.04. The van der Waals surface area contributed by atoms with Crippen LogP contribution >= 0.6 is 0 Å². The van der Waals surface area contributed by atoms with E-state index >= 15 is 0 Å². The van der Waals surface area contributed by atoms with Gasteiger partial charge in [-0.25, -0.2) is 4.79 Å². The highest BCUT2D eigenvalue weighted by atomic mass is 16.6. The minimum Gasteiger partial charge on any atom is -0.493 e. The van der Waals surface area contributed by atoms with E-state index in [-0.39, 0.29) is 13.0 Å². The van der Waals surface area contributed by atoms with Crippen molar-refractivity contribution in [3.8, 4) is 17.2 Å². The number of rotatable bonds is 7. The van der Waals surface area contributed by atoms with Gasteiger partial charge in [-0.15, -0.1) is 0 Å². The van der Waals surface area contributed by atoms with E-state index < -0.39 is 23.7 Å². The summed E-state index contributed by atoms with van der Waals surface area (Å²) in [5.74, 6) is 1.35. The number of carbonyl (C=O) groups excluding carboxylic acids is 2. The summed E-state index contributed by atoms with van der Waals surface area (Å²) in [6, 6.07) is 6.86. The predicted octanol–water partition coefficient (Wildman–Crippen LogP) is 4.08. The molecule has 1 aliphatic rings. The van der Waals surface area contributed by atoms with Gasteiger partial charge >= 0.3 is 12.1 Å². The minimum atomic E-state index is -0.639. The van der Waals surface area contributed by atoms with Crippen LogP contribution in [0, 0.1) is 0 Å². The third kappa shape index (κ3) is 5.89. The molecule has 1 aromatic heterocycles. The van der Waals surface area contributed by atoms with Crippen LogP contribution in [-0.4, -0.2) is 55.4 Å². The van der Waals surface area contributed by atoms with Crippen LogP contribution in [0.25, 0.3) is 0 Å². The molecule has 3 rings (SSSR count). The van der Waals surface area contributed by atoms with Crippen LogP contribution in [0.15, 0.2) is 30.5 Å². The van der Waals surface area contributed by atoms with Gasteiger partial charge in [0.25, 0.3) is 0 Å². The molecule has 0 saturated heterocycles. The lowest BCUT2D eigenvalue weighted by atomic mass is 9.90. The van der Waals surface area contributed by atoms with Crippen LogP contribution in [0.3, 0.4) is 0 Å². The molecule has 1 aromatic carbocycles. The molecule has 184 valence electrons. The average molecular weight is 473 g/mol. The van der Waals surface area contributed by atoms with E-state index in [1.165, 1.54) is 7.11 Å².